The summed E-state index contributed by atoms with van der Waals surface area (Å²) in [6.45, 7) is 12.7. The van der Waals surface area contributed by atoms with Gasteiger partial charge in [0.25, 0.3) is 0 Å². The topological polar surface area (TPSA) is 12.9 Å². The van der Waals surface area contributed by atoms with Crippen LogP contribution in [0.15, 0.2) is 66.9 Å². The summed E-state index contributed by atoms with van der Waals surface area (Å²) in [5.41, 5.74) is 4.48. The van der Waals surface area contributed by atoms with Gasteiger partial charge in [0.05, 0.1) is 13.8 Å². The van der Waals surface area contributed by atoms with Crippen molar-refractivity contribution < 1.29 is 2.74 Å². The van der Waals surface area contributed by atoms with Crippen LogP contribution in [-0.2, 0) is 6.37 Å². The van der Waals surface area contributed by atoms with Gasteiger partial charge in [-0.15, -0.1) is 0 Å². The molecule has 3 aromatic rings. The summed E-state index contributed by atoms with van der Waals surface area (Å²) in [7, 11) is -1.75. The molecule has 0 radical (unpaired) electrons. The summed E-state index contributed by atoms with van der Waals surface area (Å²) in [5.74, 6) is 0. The Morgan fingerprint density at radius 3 is 1.96 bits per heavy atom. The van der Waals surface area contributed by atoms with Gasteiger partial charge in [0.15, 0.2) is 0 Å². The van der Waals surface area contributed by atoms with Gasteiger partial charge in [-0.2, -0.15) is 0 Å². The second-order valence-corrected chi connectivity index (χ2v) is 14.2. The van der Waals surface area contributed by atoms with Gasteiger partial charge in [-0.05, 0) is 39.7 Å². The van der Waals surface area contributed by atoms with Crippen molar-refractivity contribution in [3.05, 3.63) is 72.4 Å². The highest BCUT2D eigenvalue weighted by molar-refractivity contribution is 6.89. The molecule has 0 aliphatic carbocycles. The van der Waals surface area contributed by atoms with Crippen LogP contribution >= 0.6 is 0 Å². The Morgan fingerprint density at radius 1 is 0.852 bits per heavy atom. The van der Waals surface area contributed by atoms with Crippen molar-refractivity contribution in [2.75, 3.05) is 0 Å². The Labute approximate surface area is 168 Å². The van der Waals surface area contributed by atoms with Crippen molar-refractivity contribution in [1.82, 2.24) is 4.98 Å². The van der Waals surface area contributed by atoms with E-state index in [9.17, 15) is 0 Å². The van der Waals surface area contributed by atoms with Crippen molar-refractivity contribution in [2.45, 2.75) is 46.8 Å². The molecule has 0 aliphatic heterocycles. The lowest BCUT2D eigenvalue weighted by molar-refractivity contribution is 0.412. The fourth-order valence-electron chi connectivity index (χ4n) is 3.18. The maximum absolute atomic E-state index is 8.91. The molecule has 0 fully saturated rings. The van der Waals surface area contributed by atoms with E-state index in [1.54, 1.807) is 0 Å². The lowest BCUT2D eigenvalue weighted by Gasteiger charge is -2.26. The van der Waals surface area contributed by atoms with Crippen LogP contribution in [0.1, 0.15) is 29.1 Å². The van der Waals surface area contributed by atoms with Gasteiger partial charge in [0, 0.05) is 14.5 Å². The minimum atomic E-state index is -1.75. The molecule has 1 nitrogen and oxygen atoms in total. The molecule has 0 unspecified atom stereocenters. The average molecular weight is 376 g/mol. The fraction of sp³-hybridized carbons (Fsp3) is 0.320. The number of aromatic nitrogens is 1. The van der Waals surface area contributed by atoms with Crippen LogP contribution < -0.4 is 5.19 Å². The molecule has 1 aromatic heterocycles. The molecule has 0 saturated carbocycles. The standard InChI is InChI=1S/C25H31NSi/c1-25(2,3)17-22-16-23(26-18-24(22)27(4,5)6)21-14-12-20(13-15-21)19-10-8-7-9-11-19/h7-16,18H,17H2,1-6H3/i17D2. The quantitative estimate of drug-likeness (QED) is 0.471. The van der Waals surface area contributed by atoms with Gasteiger partial charge in [-0.25, -0.2) is 0 Å². The summed E-state index contributed by atoms with van der Waals surface area (Å²) < 4.78 is 17.8. The van der Waals surface area contributed by atoms with Gasteiger partial charge in [0.2, 0.25) is 0 Å². The van der Waals surface area contributed by atoms with Gasteiger partial charge >= 0.3 is 0 Å². The number of benzene rings is 2. The van der Waals surface area contributed by atoms with E-state index in [-0.39, 0.29) is 0 Å². The zero-order chi connectivity index (χ0) is 21.4. The molecule has 1 heterocycles. The first-order valence-corrected chi connectivity index (χ1v) is 13.1. The van der Waals surface area contributed by atoms with Crippen LogP contribution in [0.5, 0.6) is 0 Å². The summed E-state index contributed by atoms with van der Waals surface area (Å²) in [6.07, 6.45) is 0.482. The Kier molecular flexibility index (Phi) is 4.67. The van der Waals surface area contributed by atoms with Crippen LogP contribution in [-0.4, -0.2) is 13.1 Å². The molecule has 3 rings (SSSR count). The molecule has 0 N–H and O–H groups in total. The van der Waals surface area contributed by atoms with Crippen molar-refractivity contribution in [3.63, 3.8) is 0 Å². The van der Waals surface area contributed by atoms with Crippen molar-refractivity contribution in [3.8, 4) is 22.4 Å². The number of hydrogen-bond acceptors (Lipinski definition) is 1. The number of rotatable bonds is 4. The minimum Gasteiger partial charge on any atom is -0.256 e. The summed E-state index contributed by atoms with van der Waals surface area (Å²) in [4.78, 5) is 4.74. The average Bonchev–Trinajstić information content (AvgIpc) is 2.67. The van der Waals surface area contributed by atoms with E-state index in [4.69, 9.17) is 7.73 Å². The largest absolute Gasteiger partial charge is 0.256 e. The van der Waals surface area contributed by atoms with Crippen LogP contribution in [0.25, 0.3) is 22.4 Å². The van der Waals surface area contributed by atoms with Crippen LogP contribution in [0.4, 0.5) is 0 Å². The van der Waals surface area contributed by atoms with E-state index in [1.165, 1.54) is 11.1 Å². The second kappa shape index (κ2) is 7.44. The number of hydrogen-bond donors (Lipinski definition) is 0. The van der Waals surface area contributed by atoms with Crippen molar-refractivity contribution in [2.24, 2.45) is 5.41 Å². The van der Waals surface area contributed by atoms with Crippen molar-refractivity contribution >= 4 is 13.3 Å². The molecule has 27 heavy (non-hydrogen) atoms. The van der Waals surface area contributed by atoms with E-state index >= 15 is 0 Å². The Balaban J connectivity index is 2.09. The second-order valence-electron chi connectivity index (χ2n) is 9.18. The molecular formula is C25H31NSi. The first kappa shape index (κ1) is 16.9. The molecule has 0 saturated heterocycles. The van der Waals surface area contributed by atoms with E-state index in [0.29, 0.717) is 0 Å². The highest BCUT2D eigenvalue weighted by Crippen LogP contribution is 2.27. The Bertz CT molecular complexity index is 982. The predicted molar refractivity (Wildman–Crippen MR) is 121 cm³/mol. The first-order chi connectivity index (χ1) is 13.4. The minimum absolute atomic E-state index is 0.503. The summed E-state index contributed by atoms with van der Waals surface area (Å²) in [6, 6.07) is 20.7. The normalized spacial score (nSPS) is 13.9. The maximum atomic E-state index is 8.91. The molecule has 2 heteroatoms. The molecule has 2 aromatic carbocycles. The molecular weight excluding hydrogens is 342 g/mol. The molecule has 0 atom stereocenters. The van der Waals surface area contributed by atoms with E-state index in [1.807, 2.05) is 51.2 Å². The van der Waals surface area contributed by atoms with Gasteiger partial charge in [0.1, 0.15) is 0 Å². The van der Waals surface area contributed by atoms with Crippen LogP contribution in [0, 0.1) is 5.41 Å². The third-order valence-corrected chi connectivity index (χ3v) is 6.52. The first-order valence-electron chi connectivity index (χ1n) is 10.6. The van der Waals surface area contributed by atoms with Gasteiger partial charge in [-0.1, -0.05) is 95.0 Å². The Hall–Kier alpha value is -2.19. The molecule has 140 valence electrons. The monoisotopic (exact) mass is 375 g/mol. The van der Waals surface area contributed by atoms with E-state index in [0.717, 1.165) is 22.0 Å². The number of nitrogens with zero attached hydrogens (tertiary/aromatic N) is 1. The zero-order valence-electron chi connectivity index (χ0n) is 19.3. The third kappa shape index (κ3) is 4.95. The third-order valence-electron chi connectivity index (χ3n) is 4.51. The fourth-order valence-corrected chi connectivity index (χ4v) is 4.58. The lowest BCUT2D eigenvalue weighted by atomic mass is 9.88. The van der Waals surface area contributed by atoms with Gasteiger partial charge < -0.3 is 0 Å². The highest BCUT2D eigenvalue weighted by atomic mass is 28.3. The summed E-state index contributed by atoms with van der Waals surface area (Å²) in [5, 5.41) is 1.10. The van der Waals surface area contributed by atoms with Crippen LogP contribution in [0.3, 0.4) is 0 Å². The van der Waals surface area contributed by atoms with Crippen LogP contribution in [0.2, 0.25) is 19.6 Å². The van der Waals surface area contributed by atoms with E-state index in [2.05, 4.69) is 56.0 Å². The van der Waals surface area contributed by atoms with E-state index < -0.39 is 19.9 Å². The SMILES string of the molecule is [2H]C([2H])(c1cc(-c2ccc(-c3ccccc3)cc2)ncc1[Si](C)(C)C)C(C)(C)C. The predicted octanol–water partition coefficient (Wildman–Crippen LogP) is 6.55. The maximum Gasteiger partial charge on any atom is 0.0799 e. The zero-order valence-corrected chi connectivity index (χ0v) is 18.3. The molecule has 0 aliphatic rings. The lowest BCUT2D eigenvalue weighted by Crippen LogP contribution is -2.41. The molecule has 0 amide bonds. The summed E-state index contributed by atoms with van der Waals surface area (Å²) >= 11 is 0. The molecule has 0 spiro atoms. The van der Waals surface area contributed by atoms with Crippen molar-refractivity contribution in [1.29, 1.82) is 0 Å². The number of pyridine rings is 1. The van der Waals surface area contributed by atoms with Gasteiger partial charge in [-0.3, -0.25) is 4.98 Å². The highest BCUT2D eigenvalue weighted by Gasteiger charge is 2.24. The molecule has 0 bridgehead atoms. The smallest absolute Gasteiger partial charge is 0.0799 e. The Morgan fingerprint density at radius 2 is 1.41 bits per heavy atom.